The molecule has 0 radical (unpaired) electrons. The summed E-state index contributed by atoms with van der Waals surface area (Å²) in [5.41, 5.74) is -0.105. The highest BCUT2D eigenvalue weighted by Crippen LogP contribution is 2.23. The maximum absolute atomic E-state index is 5.75. The van der Waals surface area contributed by atoms with E-state index in [0.717, 1.165) is 50.7 Å². The number of ether oxygens (including phenoxy) is 2. The van der Waals surface area contributed by atoms with Crippen LogP contribution in [0.25, 0.3) is 0 Å². The van der Waals surface area contributed by atoms with Crippen molar-refractivity contribution in [3.8, 4) is 5.88 Å². The Hall–Kier alpha value is -1.36. The van der Waals surface area contributed by atoms with E-state index in [-0.39, 0.29) is 5.41 Å². The number of hydrogen-bond acceptors (Lipinski definition) is 5. The fraction of sp³-hybridized carbons (Fsp3) is 0.765. The van der Waals surface area contributed by atoms with Crippen molar-refractivity contribution in [2.24, 2.45) is 0 Å². The summed E-state index contributed by atoms with van der Waals surface area (Å²) in [6, 6.07) is 1.88. The van der Waals surface area contributed by atoms with Crippen LogP contribution in [0.15, 0.2) is 6.07 Å². The lowest BCUT2D eigenvalue weighted by atomic mass is 9.96. The molecule has 5 heteroatoms. The summed E-state index contributed by atoms with van der Waals surface area (Å²) in [4.78, 5) is 9.14. The fourth-order valence-corrected chi connectivity index (χ4v) is 1.78. The summed E-state index contributed by atoms with van der Waals surface area (Å²) in [5.74, 6) is 2.28. The molecule has 0 aliphatic heterocycles. The fourth-order valence-electron chi connectivity index (χ4n) is 1.78. The van der Waals surface area contributed by atoms with E-state index in [0.29, 0.717) is 12.5 Å². The molecule has 1 heterocycles. The first-order valence-corrected chi connectivity index (χ1v) is 8.31. The standard InChI is InChI=1S/C17H31N3O2/c1-6-8-12-22-15-13-14(18-10-9-11-21-7-2)19-16(20-15)17(3,4)5/h13H,6-12H2,1-5H3,(H,18,19,20). The molecule has 0 unspecified atom stereocenters. The first-order chi connectivity index (χ1) is 10.5. The van der Waals surface area contributed by atoms with E-state index in [4.69, 9.17) is 9.47 Å². The predicted molar refractivity (Wildman–Crippen MR) is 90.7 cm³/mol. The van der Waals surface area contributed by atoms with Gasteiger partial charge in [0.15, 0.2) is 0 Å². The van der Waals surface area contributed by atoms with E-state index in [2.05, 4.69) is 43.0 Å². The van der Waals surface area contributed by atoms with E-state index in [1.807, 2.05) is 13.0 Å². The van der Waals surface area contributed by atoms with Gasteiger partial charge in [-0.05, 0) is 19.8 Å². The molecular formula is C17H31N3O2. The average molecular weight is 309 g/mol. The summed E-state index contributed by atoms with van der Waals surface area (Å²) in [6.45, 7) is 13.5. The van der Waals surface area contributed by atoms with Crippen molar-refractivity contribution >= 4 is 5.82 Å². The van der Waals surface area contributed by atoms with Gasteiger partial charge in [-0.15, -0.1) is 0 Å². The first kappa shape index (κ1) is 18.7. The number of rotatable bonds is 10. The van der Waals surface area contributed by atoms with Gasteiger partial charge in [-0.1, -0.05) is 34.1 Å². The first-order valence-electron chi connectivity index (χ1n) is 8.31. The third-order valence-corrected chi connectivity index (χ3v) is 3.10. The third-order valence-electron chi connectivity index (χ3n) is 3.10. The molecule has 0 atom stereocenters. The normalized spacial score (nSPS) is 11.5. The summed E-state index contributed by atoms with van der Waals surface area (Å²) in [5, 5.41) is 3.34. The van der Waals surface area contributed by atoms with Crippen LogP contribution in [0.4, 0.5) is 5.82 Å². The number of aromatic nitrogens is 2. The number of nitrogens with one attached hydrogen (secondary N) is 1. The van der Waals surface area contributed by atoms with Crippen LogP contribution in [-0.2, 0) is 10.2 Å². The monoisotopic (exact) mass is 309 g/mol. The lowest BCUT2D eigenvalue weighted by Crippen LogP contribution is -2.18. The van der Waals surface area contributed by atoms with Crippen molar-refractivity contribution in [2.45, 2.75) is 59.3 Å². The smallest absolute Gasteiger partial charge is 0.218 e. The average Bonchev–Trinajstić information content (AvgIpc) is 2.46. The Balaban J connectivity index is 2.70. The summed E-state index contributed by atoms with van der Waals surface area (Å²) in [7, 11) is 0. The molecule has 1 aromatic rings. The second-order valence-corrected chi connectivity index (χ2v) is 6.34. The van der Waals surface area contributed by atoms with Gasteiger partial charge < -0.3 is 14.8 Å². The molecule has 22 heavy (non-hydrogen) atoms. The number of hydrogen-bond donors (Lipinski definition) is 1. The van der Waals surface area contributed by atoms with Gasteiger partial charge in [0.05, 0.1) is 6.61 Å². The lowest BCUT2D eigenvalue weighted by Gasteiger charge is -2.19. The van der Waals surface area contributed by atoms with E-state index >= 15 is 0 Å². The predicted octanol–water partition coefficient (Wildman–Crippen LogP) is 3.79. The highest BCUT2D eigenvalue weighted by molar-refractivity contribution is 5.39. The minimum absolute atomic E-state index is 0.105. The molecule has 1 rings (SSSR count). The zero-order chi connectivity index (χ0) is 16.4. The van der Waals surface area contributed by atoms with Crippen molar-refractivity contribution in [1.82, 2.24) is 9.97 Å². The molecule has 0 aliphatic carbocycles. The van der Waals surface area contributed by atoms with Crippen molar-refractivity contribution in [3.05, 3.63) is 11.9 Å². The Morgan fingerprint density at radius 1 is 1.09 bits per heavy atom. The second-order valence-electron chi connectivity index (χ2n) is 6.34. The zero-order valence-electron chi connectivity index (χ0n) is 14.7. The van der Waals surface area contributed by atoms with Gasteiger partial charge in [-0.2, -0.15) is 4.98 Å². The Morgan fingerprint density at radius 3 is 2.50 bits per heavy atom. The number of unbranched alkanes of at least 4 members (excludes halogenated alkanes) is 1. The Bertz CT molecular complexity index is 430. The SMILES string of the molecule is CCCCOc1cc(NCCCOCC)nc(C(C)(C)C)n1. The largest absolute Gasteiger partial charge is 0.478 e. The highest BCUT2D eigenvalue weighted by Gasteiger charge is 2.19. The van der Waals surface area contributed by atoms with Crippen molar-refractivity contribution < 1.29 is 9.47 Å². The summed E-state index contributed by atoms with van der Waals surface area (Å²) < 4.78 is 11.1. The molecule has 126 valence electrons. The van der Waals surface area contributed by atoms with Gasteiger partial charge >= 0.3 is 0 Å². The molecular weight excluding hydrogens is 278 g/mol. The van der Waals surface area contributed by atoms with Crippen LogP contribution >= 0.6 is 0 Å². The number of anilines is 1. The van der Waals surface area contributed by atoms with Crippen LogP contribution in [-0.4, -0.2) is 36.3 Å². The molecule has 0 spiro atoms. The molecule has 0 saturated carbocycles. The van der Waals surface area contributed by atoms with E-state index < -0.39 is 0 Å². The summed E-state index contributed by atoms with van der Waals surface area (Å²) >= 11 is 0. The molecule has 1 N–H and O–H groups in total. The molecule has 0 fully saturated rings. The highest BCUT2D eigenvalue weighted by atomic mass is 16.5. The molecule has 0 bridgehead atoms. The lowest BCUT2D eigenvalue weighted by molar-refractivity contribution is 0.147. The molecule has 5 nitrogen and oxygen atoms in total. The van der Waals surface area contributed by atoms with E-state index in [1.165, 1.54) is 0 Å². The topological polar surface area (TPSA) is 56.3 Å². The van der Waals surface area contributed by atoms with Crippen molar-refractivity contribution in [2.75, 3.05) is 31.7 Å². The Morgan fingerprint density at radius 2 is 1.86 bits per heavy atom. The van der Waals surface area contributed by atoms with Crippen LogP contribution < -0.4 is 10.1 Å². The maximum Gasteiger partial charge on any atom is 0.218 e. The minimum Gasteiger partial charge on any atom is -0.478 e. The van der Waals surface area contributed by atoms with Crippen LogP contribution in [0.2, 0.25) is 0 Å². The van der Waals surface area contributed by atoms with Gasteiger partial charge in [-0.3, -0.25) is 0 Å². The molecule has 0 saturated heterocycles. The van der Waals surface area contributed by atoms with Gasteiger partial charge in [0.2, 0.25) is 5.88 Å². The van der Waals surface area contributed by atoms with Crippen molar-refractivity contribution in [3.63, 3.8) is 0 Å². The third kappa shape index (κ3) is 7.07. The van der Waals surface area contributed by atoms with E-state index in [1.54, 1.807) is 0 Å². The molecule has 0 amide bonds. The van der Waals surface area contributed by atoms with Gasteiger partial charge in [0.25, 0.3) is 0 Å². The Kier molecular flexibility index (Phi) is 8.17. The number of nitrogens with zero attached hydrogens (tertiary/aromatic N) is 2. The molecule has 0 aromatic carbocycles. The van der Waals surface area contributed by atoms with E-state index in [9.17, 15) is 0 Å². The Labute approximate surface area is 134 Å². The summed E-state index contributed by atoms with van der Waals surface area (Å²) in [6.07, 6.45) is 3.10. The van der Waals surface area contributed by atoms with Crippen molar-refractivity contribution in [1.29, 1.82) is 0 Å². The molecule has 1 aromatic heterocycles. The van der Waals surface area contributed by atoms with Gasteiger partial charge in [-0.25, -0.2) is 4.98 Å². The maximum atomic E-state index is 5.75. The second kappa shape index (κ2) is 9.62. The van der Waals surface area contributed by atoms with Crippen LogP contribution in [0, 0.1) is 0 Å². The van der Waals surface area contributed by atoms with Crippen LogP contribution in [0.5, 0.6) is 5.88 Å². The van der Waals surface area contributed by atoms with Crippen LogP contribution in [0.3, 0.4) is 0 Å². The molecule has 0 aliphatic rings. The quantitative estimate of drug-likeness (QED) is 0.666. The van der Waals surface area contributed by atoms with Gasteiger partial charge in [0.1, 0.15) is 11.6 Å². The van der Waals surface area contributed by atoms with Crippen LogP contribution in [0.1, 0.15) is 59.7 Å². The van der Waals surface area contributed by atoms with Gasteiger partial charge in [0, 0.05) is 31.2 Å². The minimum atomic E-state index is -0.105. The zero-order valence-corrected chi connectivity index (χ0v) is 14.7.